The molecule has 0 bridgehead atoms. The summed E-state index contributed by atoms with van der Waals surface area (Å²) >= 11 is 0. The number of aromatic nitrogens is 2. The van der Waals surface area contributed by atoms with E-state index in [9.17, 15) is 9.18 Å². The summed E-state index contributed by atoms with van der Waals surface area (Å²) < 4.78 is 19.7. The molecule has 1 unspecified atom stereocenters. The standard InChI is InChI=1S/C20H19FN4O2/c1-13(26)24-14-7-9-25(12-14)15-2-4-16(5-3-15)27-19-6-8-23-20-17(19)10-22-11-18(20)21/h2-6,8,10-11,14H,7,9,12H2,1H3,(H,24,26). The van der Waals surface area contributed by atoms with Crippen LogP contribution in [0.4, 0.5) is 10.1 Å². The molecule has 0 saturated carbocycles. The van der Waals surface area contributed by atoms with Crippen LogP contribution in [0, 0.1) is 5.82 Å². The summed E-state index contributed by atoms with van der Waals surface area (Å²) in [6.45, 7) is 3.23. The van der Waals surface area contributed by atoms with Crippen molar-refractivity contribution in [2.45, 2.75) is 19.4 Å². The second-order valence-corrected chi connectivity index (χ2v) is 6.55. The van der Waals surface area contributed by atoms with E-state index >= 15 is 0 Å². The second kappa shape index (κ2) is 7.19. The molecule has 1 atom stereocenters. The van der Waals surface area contributed by atoms with Gasteiger partial charge in [-0.1, -0.05) is 0 Å². The fourth-order valence-electron chi connectivity index (χ4n) is 3.35. The first kappa shape index (κ1) is 17.2. The number of fused-ring (bicyclic) bond motifs is 1. The molecule has 1 N–H and O–H groups in total. The second-order valence-electron chi connectivity index (χ2n) is 6.55. The first-order valence-electron chi connectivity index (χ1n) is 8.78. The molecule has 27 heavy (non-hydrogen) atoms. The molecular weight excluding hydrogens is 347 g/mol. The van der Waals surface area contributed by atoms with Gasteiger partial charge < -0.3 is 15.0 Å². The van der Waals surface area contributed by atoms with E-state index in [1.54, 1.807) is 19.2 Å². The van der Waals surface area contributed by atoms with Gasteiger partial charge in [0.15, 0.2) is 5.82 Å². The van der Waals surface area contributed by atoms with Gasteiger partial charge in [-0.3, -0.25) is 14.8 Å². The van der Waals surface area contributed by atoms with E-state index in [1.165, 1.54) is 6.20 Å². The SMILES string of the molecule is CC(=O)NC1CCN(c2ccc(Oc3ccnc4c(F)cncc34)cc2)C1. The van der Waals surface area contributed by atoms with Crippen LogP contribution in [0.5, 0.6) is 11.5 Å². The highest BCUT2D eigenvalue weighted by Crippen LogP contribution is 2.30. The van der Waals surface area contributed by atoms with Crippen molar-refractivity contribution in [1.82, 2.24) is 15.3 Å². The first-order chi connectivity index (χ1) is 13.1. The maximum Gasteiger partial charge on any atom is 0.217 e. The maximum absolute atomic E-state index is 13.8. The largest absolute Gasteiger partial charge is 0.457 e. The predicted octanol–water partition coefficient (Wildman–Crippen LogP) is 3.28. The Hall–Kier alpha value is -3.22. The highest BCUT2D eigenvalue weighted by molar-refractivity contribution is 5.84. The Bertz CT molecular complexity index is 977. The van der Waals surface area contributed by atoms with Crippen LogP contribution in [0.25, 0.3) is 10.9 Å². The van der Waals surface area contributed by atoms with E-state index in [1.807, 2.05) is 24.3 Å². The Morgan fingerprint density at radius 2 is 2.07 bits per heavy atom. The molecule has 3 heterocycles. The van der Waals surface area contributed by atoms with Gasteiger partial charge in [-0.2, -0.15) is 0 Å². The Labute approximate surface area is 156 Å². The van der Waals surface area contributed by atoms with Gasteiger partial charge in [-0.25, -0.2) is 4.39 Å². The quantitative estimate of drug-likeness (QED) is 0.768. The van der Waals surface area contributed by atoms with Gasteiger partial charge in [0.25, 0.3) is 0 Å². The minimum Gasteiger partial charge on any atom is -0.457 e. The summed E-state index contributed by atoms with van der Waals surface area (Å²) in [6.07, 6.45) is 5.13. The third-order valence-corrected chi connectivity index (χ3v) is 4.59. The van der Waals surface area contributed by atoms with Crippen molar-refractivity contribution in [3.05, 3.63) is 54.7 Å². The maximum atomic E-state index is 13.8. The van der Waals surface area contributed by atoms with E-state index < -0.39 is 5.82 Å². The van der Waals surface area contributed by atoms with Gasteiger partial charge in [0.1, 0.15) is 17.0 Å². The predicted molar refractivity (Wildman–Crippen MR) is 100 cm³/mol. The number of pyridine rings is 2. The third kappa shape index (κ3) is 3.67. The van der Waals surface area contributed by atoms with Crippen molar-refractivity contribution in [2.24, 2.45) is 0 Å². The monoisotopic (exact) mass is 366 g/mol. The van der Waals surface area contributed by atoms with E-state index in [-0.39, 0.29) is 17.5 Å². The number of halogens is 1. The van der Waals surface area contributed by atoms with E-state index in [0.717, 1.165) is 31.4 Å². The molecule has 0 aliphatic carbocycles. The van der Waals surface area contributed by atoms with Crippen LogP contribution in [-0.4, -0.2) is 35.0 Å². The lowest BCUT2D eigenvalue weighted by Gasteiger charge is -2.19. The number of rotatable bonds is 4. The van der Waals surface area contributed by atoms with Crippen LogP contribution >= 0.6 is 0 Å². The average Bonchev–Trinajstić information content (AvgIpc) is 3.11. The fraction of sp³-hybridized carbons (Fsp3) is 0.250. The molecule has 1 aliphatic heterocycles. The summed E-state index contributed by atoms with van der Waals surface area (Å²) in [5.74, 6) is 0.678. The molecule has 0 radical (unpaired) electrons. The normalized spacial score (nSPS) is 16.5. The van der Waals surface area contributed by atoms with E-state index in [4.69, 9.17) is 4.74 Å². The molecule has 138 valence electrons. The molecule has 7 heteroatoms. The topological polar surface area (TPSA) is 67.4 Å². The lowest BCUT2D eigenvalue weighted by atomic mass is 10.2. The number of benzene rings is 1. The van der Waals surface area contributed by atoms with Crippen molar-refractivity contribution >= 4 is 22.5 Å². The van der Waals surface area contributed by atoms with Gasteiger partial charge in [0, 0.05) is 44.1 Å². The summed E-state index contributed by atoms with van der Waals surface area (Å²) in [6, 6.07) is 9.58. The number of ether oxygens (including phenoxy) is 1. The Kier molecular flexibility index (Phi) is 4.58. The number of carbonyl (C=O) groups is 1. The van der Waals surface area contributed by atoms with E-state index in [2.05, 4.69) is 20.2 Å². The van der Waals surface area contributed by atoms with Crippen molar-refractivity contribution in [1.29, 1.82) is 0 Å². The third-order valence-electron chi connectivity index (χ3n) is 4.59. The molecule has 0 spiro atoms. The minimum atomic E-state index is -0.476. The van der Waals surface area contributed by atoms with Gasteiger partial charge >= 0.3 is 0 Å². The number of amides is 1. The van der Waals surface area contributed by atoms with Crippen molar-refractivity contribution in [2.75, 3.05) is 18.0 Å². The smallest absolute Gasteiger partial charge is 0.217 e. The van der Waals surface area contributed by atoms with Crippen LogP contribution in [0.1, 0.15) is 13.3 Å². The summed E-state index contributed by atoms with van der Waals surface area (Å²) in [5.41, 5.74) is 1.31. The summed E-state index contributed by atoms with van der Waals surface area (Å²) in [4.78, 5) is 21.3. The van der Waals surface area contributed by atoms with Crippen LogP contribution in [0.15, 0.2) is 48.9 Å². The zero-order valence-electron chi connectivity index (χ0n) is 14.9. The molecule has 6 nitrogen and oxygen atoms in total. The van der Waals surface area contributed by atoms with Crippen LogP contribution < -0.4 is 15.0 Å². The number of anilines is 1. The number of hydrogen-bond donors (Lipinski definition) is 1. The zero-order valence-corrected chi connectivity index (χ0v) is 14.9. The summed E-state index contributed by atoms with van der Waals surface area (Å²) in [5, 5.41) is 3.49. The molecule has 1 saturated heterocycles. The average molecular weight is 366 g/mol. The minimum absolute atomic E-state index is 0.00102. The highest BCUT2D eigenvalue weighted by Gasteiger charge is 2.23. The first-order valence-corrected chi connectivity index (χ1v) is 8.78. The van der Waals surface area contributed by atoms with Crippen LogP contribution in [0.2, 0.25) is 0 Å². The zero-order chi connectivity index (χ0) is 18.8. The van der Waals surface area contributed by atoms with Crippen molar-refractivity contribution < 1.29 is 13.9 Å². The molecule has 3 aromatic rings. The molecule has 2 aromatic heterocycles. The van der Waals surface area contributed by atoms with Gasteiger partial charge in [0.05, 0.1) is 11.6 Å². The number of hydrogen-bond acceptors (Lipinski definition) is 5. The lowest BCUT2D eigenvalue weighted by Crippen LogP contribution is -2.35. The molecule has 1 fully saturated rings. The number of carbonyl (C=O) groups excluding carboxylic acids is 1. The fourth-order valence-corrected chi connectivity index (χ4v) is 3.35. The lowest BCUT2D eigenvalue weighted by molar-refractivity contribution is -0.119. The molecule has 4 rings (SSSR count). The molecule has 1 aliphatic rings. The van der Waals surface area contributed by atoms with Crippen molar-refractivity contribution in [3.63, 3.8) is 0 Å². The van der Waals surface area contributed by atoms with Crippen molar-refractivity contribution in [3.8, 4) is 11.5 Å². The molecular formula is C20H19FN4O2. The Morgan fingerprint density at radius 1 is 1.26 bits per heavy atom. The van der Waals surface area contributed by atoms with Gasteiger partial charge in [-0.05, 0) is 36.8 Å². The Balaban J connectivity index is 1.49. The molecule has 1 amide bonds. The molecule has 1 aromatic carbocycles. The van der Waals surface area contributed by atoms with E-state index in [0.29, 0.717) is 16.9 Å². The van der Waals surface area contributed by atoms with Crippen LogP contribution in [0.3, 0.4) is 0 Å². The van der Waals surface area contributed by atoms with Crippen LogP contribution in [-0.2, 0) is 4.79 Å². The Morgan fingerprint density at radius 3 is 2.85 bits per heavy atom. The van der Waals surface area contributed by atoms with Gasteiger partial charge in [0.2, 0.25) is 5.91 Å². The highest BCUT2D eigenvalue weighted by atomic mass is 19.1. The van der Waals surface area contributed by atoms with Gasteiger partial charge in [-0.15, -0.1) is 0 Å². The number of nitrogens with zero attached hydrogens (tertiary/aromatic N) is 3. The summed E-state index contributed by atoms with van der Waals surface area (Å²) in [7, 11) is 0. The number of nitrogens with one attached hydrogen (secondary N) is 1.